The molecule has 1 aromatic heterocycles. The zero-order valence-corrected chi connectivity index (χ0v) is 15.9. The number of piperidine rings is 1. The van der Waals surface area contributed by atoms with Gasteiger partial charge in [-0.1, -0.05) is 18.9 Å². The third-order valence-corrected chi connectivity index (χ3v) is 7.28. The Morgan fingerprint density at radius 3 is 2.76 bits per heavy atom. The fourth-order valence-corrected chi connectivity index (χ4v) is 5.45. The van der Waals surface area contributed by atoms with Crippen molar-refractivity contribution in [1.29, 1.82) is 0 Å². The molecule has 0 unspecified atom stereocenters. The molecule has 1 aromatic rings. The van der Waals surface area contributed by atoms with Crippen LogP contribution in [0.2, 0.25) is 0 Å². The van der Waals surface area contributed by atoms with Crippen molar-refractivity contribution in [3.8, 4) is 0 Å². The van der Waals surface area contributed by atoms with Crippen LogP contribution in [0.5, 0.6) is 0 Å². The molecule has 5 heteroatoms. The average molecular weight is 363 g/mol. The van der Waals surface area contributed by atoms with E-state index in [9.17, 15) is 9.90 Å². The largest absolute Gasteiger partial charge is 0.388 e. The van der Waals surface area contributed by atoms with Gasteiger partial charge in [0.05, 0.1) is 17.7 Å². The summed E-state index contributed by atoms with van der Waals surface area (Å²) < 4.78 is 0. The second kappa shape index (κ2) is 7.01. The number of hydrogen-bond donors (Lipinski definition) is 2. The van der Waals surface area contributed by atoms with E-state index in [1.807, 2.05) is 6.92 Å². The monoisotopic (exact) mass is 362 g/mol. The molecular formula is C20H30N2O2S. The normalized spacial score (nSPS) is 34.3. The Bertz CT molecular complexity index is 591. The molecule has 2 heterocycles. The molecule has 3 atom stereocenters. The third-order valence-electron chi connectivity index (χ3n) is 6.33. The number of nitrogens with one attached hydrogen (secondary N) is 1. The first-order valence-electron chi connectivity index (χ1n) is 9.85. The molecule has 4 nitrogen and oxygen atoms in total. The van der Waals surface area contributed by atoms with Crippen LogP contribution in [0.4, 0.5) is 0 Å². The number of carbonyl (C=O) groups is 1. The zero-order chi connectivity index (χ0) is 17.4. The number of aliphatic hydroxyl groups is 1. The predicted molar refractivity (Wildman–Crippen MR) is 100 cm³/mol. The van der Waals surface area contributed by atoms with Gasteiger partial charge in [-0.05, 0) is 56.4 Å². The van der Waals surface area contributed by atoms with Crippen molar-refractivity contribution in [2.75, 3.05) is 13.1 Å². The third kappa shape index (κ3) is 3.79. The summed E-state index contributed by atoms with van der Waals surface area (Å²) in [6.45, 7) is 3.90. The van der Waals surface area contributed by atoms with Gasteiger partial charge in [0.1, 0.15) is 0 Å². The summed E-state index contributed by atoms with van der Waals surface area (Å²) in [6.07, 6.45) is 7.67. The molecule has 138 valence electrons. The number of amides is 1. The number of thiophene rings is 1. The van der Waals surface area contributed by atoms with Crippen LogP contribution in [0.1, 0.15) is 62.8 Å². The number of nitrogens with zero attached hydrogens (tertiary/aromatic N) is 1. The number of hydrogen-bond acceptors (Lipinski definition) is 4. The van der Waals surface area contributed by atoms with Crippen LogP contribution in [-0.2, 0) is 4.79 Å². The highest BCUT2D eigenvalue weighted by Gasteiger charge is 2.48. The molecule has 1 saturated heterocycles. The van der Waals surface area contributed by atoms with Crippen molar-refractivity contribution < 1.29 is 9.90 Å². The van der Waals surface area contributed by atoms with E-state index < -0.39 is 5.60 Å². The van der Waals surface area contributed by atoms with E-state index in [4.69, 9.17) is 0 Å². The van der Waals surface area contributed by atoms with Gasteiger partial charge in [-0.15, -0.1) is 11.3 Å². The molecule has 4 rings (SSSR count). The maximum Gasteiger partial charge on any atom is 0.223 e. The Morgan fingerprint density at radius 2 is 2.12 bits per heavy atom. The minimum Gasteiger partial charge on any atom is -0.388 e. The smallest absolute Gasteiger partial charge is 0.223 e. The van der Waals surface area contributed by atoms with Crippen LogP contribution in [0.3, 0.4) is 0 Å². The second-order valence-corrected chi connectivity index (χ2v) is 9.45. The summed E-state index contributed by atoms with van der Waals surface area (Å²) in [5, 5.41) is 16.5. The Balaban J connectivity index is 1.58. The second-order valence-electron chi connectivity index (χ2n) is 8.47. The number of rotatable bonds is 5. The lowest BCUT2D eigenvalue weighted by Crippen LogP contribution is -2.63. The lowest BCUT2D eigenvalue weighted by Gasteiger charge is -2.49. The van der Waals surface area contributed by atoms with Gasteiger partial charge in [0.15, 0.2) is 0 Å². The maximum absolute atomic E-state index is 12.8. The molecule has 25 heavy (non-hydrogen) atoms. The minimum absolute atomic E-state index is 0.0923. The highest BCUT2D eigenvalue weighted by Crippen LogP contribution is 2.42. The maximum atomic E-state index is 12.8. The molecule has 2 saturated carbocycles. The fourth-order valence-electron chi connectivity index (χ4n) is 4.55. The van der Waals surface area contributed by atoms with E-state index in [-0.39, 0.29) is 23.9 Å². The topological polar surface area (TPSA) is 52.6 Å². The van der Waals surface area contributed by atoms with E-state index in [0.29, 0.717) is 0 Å². The van der Waals surface area contributed by atoms with Crippen molar-refractivity contribution in [3.63, 3.8) is 0 Å². The molecule has 3 aliphatic rings. The first kappa shape index (κ1) is 17.5. The Kier molecular flexibility index (Phi) is 4.91. The van der Waals surface area contributed by atoms with Crippen molar-refractivity contribution in [3.05, 3.63) is 22.4 Å². The van der Waals surface area contributed by atoms with Crippen molar-refractivity contribution >= 4 is 17.2 Å². The van der Waals surface area contributed by atoms with Crippen LogP contribution in [0.15, 0.2) is 17.5 Å². The van der Waals surface area contributed by atoms with E-state index in [1.54, 1.807) is 11.3 Å². The van der Waals surface area contributed by atoms with E-state index in [2.05, 4.69) is 27.7 Å². The van der Waals surface area contributed by atoms with Crippen molar-refractivity contribution in [2.45, 2.75) is 69.6 Å². The van der Waals surface area contributed by atoms with Gasteiger partial charge >= 0.3 is 0 Å². The molecule has 0 bridgehead atoms. The van der Waals surface area contributed by atoms with Crippen LogP contribution in [0, 0.1) is 11.8 Å². The molecular weight excluding hydrogens is 332 g/mol. The summed E-state index contributed by atoms with van der Waals surface area (Å²) in [5.74, 6) is 1.09. The quantitative estimate of drug-likeness (QED) is 0.845. The van der Waals surface area contributed by atoms with Gasteiger partial charge in [-0.25, -0.2) is 0 Å². The summed E-state index contributed by atoms with van der Waals surface area (Å²) in [4.78, 5) is 16.6. The standard InChI is InChI=1S/C20H30N2O2S/c1-20(24)10-11-22(13-14-8-9-14)17(16-7-4-12-25-16)18(20)21-19(23)15-5-2-3-6-15/h4,7,12,14-15,17-18,24H,2-3,5-6,8-11,13H2,1H3,(H,21,23)/t17-,18-,20+/m0/s1. The molecule has 0 spiro atoms. The van der Waals surface area contributed by atoms with Crippen LogP contribution in [0.25, 0.3) is 0 Å². The Hall–Kier alpha value is -0.910. The number of carbonyl (C=O) groups excluding carboxylic acids is 1. The Morgan fingerprint density at radius 1 is 1.36 bits per heavy atom. The minimum atomic E-state index is -0.858. The lowest BCUT2D eigenvalue weighted by molar-refractivity contribution is -0.132. The van der Waals surface area contributed by atoms with Gasteiger partial charge in [0, 0.05) is 23.9 Å². The van der Waals surface area contributed by atoms with Gasteiger partial charge < -0.3 is 10.4 Å². The van der Waals surface area contributed by atoms with Gasteiger partial charge in [0.25, 0.3) is 0 Å². The predicted octanol–water partition coefficient (Wildman–Crippen LogP) is 3.33. The highest BCUT2D eigenvalue weighted by atomic mass is 32.1. The number of likely N-dealkylation sites (tertiary alicyclic amines) is 1. The summed E-state index contributed by atoms with van der Waals surface area (Å²) in [6, 6.07) is 4.10. The molecule has 0 radical (unpaired) electrons. The Labute approximate surface area is 154 Å². The van der Waals surface area contributed by atoms with E-state index in [0.717, 1.165) is 51.1 Å². The molecule has 1 amide bonds. The first-order valence-corrected chi connectivity index (χ1v) is 10.7. The van der Waals surface area contributed by atoms with Crippen LogP contribution in [-0.4, -0.2) is 40.6 Å². The van der Waals surface area contributed by atoms with E-state index in [1.165, 1.54) is 17.7 Å². The molecule has 2 aliphatic carbocycles. The zero-order valence-electron chi connectivity index (χ0n) is 15.1. The summed E-state index contributed by atoms with van der Waals surface area (Å²) in [7, 11) is 0. The molecule has 1 aliphatic heterocycles. The first-order chi connectivity index (χ1) is 12.0. The average Bonchev–Trinajstić information content (AvgIpc) is 3.06. The summed E-state index contributed by atoms with van der Waals surface area (Å²) in [5.41, 5.74) is -0.858. The van der Waals surface area contributed by atoms with Crippen molar-refractivity contribution in [2.24, 2.45) is 11.8 Å². The highest BCUT2D eigenvalue weighted by molar-refractivity contribution is 7.10. The van der Waals surface area contributed by atoms with Crippen LogP contribution < -0.4 is 5.32 Å². The van der Waals surface area contributed by atoms with Crippen LogP contribution >= 0.6 is 11.3 Å². The van der Waals surface area contributed by atoms with Gasteiger partial charge in [0.2, 0.25) is 5.91 Å². The van der Waals surface area contributed by atoms with Gasteiger partial charge in [-0.2, -0.15) is 0 Å². The lowest BCUT2D eigenvalue weighted by atomic mass is 9.81. The molecule has 2 N–H and O–H groups in total. The van der Waals surface area contributed by atoms with Crippen molar-refractivity contribution in [1.82, 2.24) is 10.2 Å². The fraction of sp³-hybridized carbons (Fsp3) is 0.750. The summed E-state index contributed by atoms with van der Waals surface area (Å²) >= 11 is 1.74. The van der Waals surface area contributed by atoms with E-state index >= 15 is 0 Å². The molecule has 3 fully saturated rings. The SMILES string of the molecule is C[C@@]1(O)CCN(CC2CC2)[C@@H](c2cccs2)[C@@H]1NC(=O)C1CCCC1. The molecule has 0 aromatic carbocycles. The van der Waals surface area contributed by atoms with Gasteiger partial charge in [-0.3, -0.25) is 9.69 Å².